The maximum absolute atomic E-state index is 14.9. The number of likely N-dealkylation sites (tertiary alicyclic amines) is 1. The summed E-state index contributed by atoms with van der Waals surface area (Å²) < 4.78 is 14.9. The van der Waals surface area contributed by atoms with E-state index in [0.717, 1.165) is 55.7 Å². The summed E-state index contributed by atoms with van der Waals surface area (Å²) in [4.78, 5) is 18.0. The molecule has 0 spiro atoms. The van der Waals surface area contributed by atoms with Crippen molar-refractivity contribution in [3.8, 4) is 11.1 Å². The number of benzene rings is 3. The Morgan fingerprint density at radius 1 is 0.974 bits per heavy atom. The predicted molar refractivity (Wildman–Crippen MR) is 154 cm³/mol. The van der Waals surface area contributed by atoms with Crippen molar-refractivity contribution in [3.63, 3.8) is 0 Å². The molecule has 3 aliphatic rings. The van der Waals surface area contributed by atoms with Crippen LogP contribution >= 0.6 is 0 Å². The van der Waals surface area contributed by atoms with Crippen molar-refractivity contribution in [2.75, 3.05) is 26.2 Å². The standard InChI is InChI=1S/C33H39FN4O/c1-22-18-37(12-11-35-22)19-25-5-3-7-27(13-25)31-15-24(9-10-32(31)34)17-36-33(39)28-8-4-6-26(14-28)20-38-21-29-16-30(29)23(38)2/h3-10,13-15,22-23,29-30,35H,11-12,16-21H2,1-2H3,(H,36,39). The number of halogens is 1. The maximum Gasteiger partial charge on any atom is 0.251 e. The largest absolute Gasteiger partial charge is 0.348 e. The van der Waals surface area contributed by atoms with Gasteiger partial charge in [-0.2, -0.15) is 0 Å². The summed E-state index contributed by atoms with van der Waals surface area (Å²) in [6, 6.07) is 22.3. The Bertz CT molecular complexity index is 1340. The predicted octanol–water partition coefficient (Wildman–Crippen LogP) is 5.06. The number of carbonyl (C=O) groups is 1. The van der Waals surface area contributed by atoms with Gasteiger partial charge in [0.1, 0.15) is 5.82 Å². The molecule has 2 saturated heterocycles. The lowest BCUT2D eigenvalue weighted by Gasteiger charge is -2.31. The average molecular weight is 527 g/mol. The van der Waals surface area contributed by atoms with Crippen LogP contribution in [0.4, 0.5) is 4.39 Å². The van der Waals surface area contributed by atoms with E-state index in [1.165, 1.54) is 30.2 Å². The van der Waals surface area contributed by atoms with Gasteiger partial charge in [-0.3, -0.25) is 14.6 Å². The molecule has 39 heavy (non-hydrogen) atoms. The molecule has 3 fully saturated rings. The molecule has 1 amide bonds. The first-order valence-corrected chi connectivity index (χ1v) is 14.4. The highest BCUT2D eigenvalue weighted by Crippen LogP contribution is 2.49. The van der Waals surface area contributed by atoms with E-state index in [9.17, 15) is 9.18 Å². The van der Waals surface area contributed by atoms with Crippen LogP contribution in [0.3, 0.4) is 0 Å². The molecule has 2 N–H and O–H groups in total. The van der Waals surface area contributed by atoms with Gasteiger partial charge in [-0.25, -0.2) is 4.39 Å². The zero-order valence-electron chi connectivity index (χ0n) is 23.0. The number of amides is 1. The van der Waals surface area contributed by atoms with Crippen molar-refractivity contribution in [3.05, 3.63) is 94.8 Å². The number of rotatable bonds is 8. The van der Waals surface area contributed by atoms with Gasteiger partial charge in [0.2, 0.25) is 0 Å². The summed E-state index contributed by atoms with van der Waals surface area (Å²) in [5.74, 6) is 1.40. The molecule has 4 atom stereocenters. The molecule has 6 rings (SSSR count). The van der Waals surface area contributed by atoms with E-state index < -0.39 is 0 Å². The molecule has 2 aliphatic heterocycles. The molecule has 3 aromatic rings. The Kier molecular flexibility index (Phi) is 7.52. The summed E-state index contributed by atoms with van der Waals surface area (Å²) >= 11 is 0. The number of piperazine rings is 1. The zero-order valence-corrected chi connectivity index (χ0v) is 23.0. The Hall–Kier alpha value is -3.06. The first-order valence-electron chi connectivity index (χ1n) is 14.4. The number of hydrogen-bond acceptors (Lipinski definition) is 4. The number of hydrogen-bond donors (Lipinski definition) is 2. The van der Waals surface area contributed by atoms with Gasteiger partial charge >= 0.3 is 0 Å². The highest BCUT2D eigenvalue weighted by Gasteiger charge is 2.49. The number of piperidine rings is 1. The van der Waals surface area contributed by atoms with Crippen LogP contribution in [0.15, 0.2) is 66.7 Å². The molecular weight excluding hydrogens is 487 g/mol. The summed E-state index contributed by atoms with van der Waals surface area (Å²) in [6.07, 6.45) is 1.38. The molecule has 0 bridgehead atoms. The SMILES string of the molecule is CC1CN(Cc2cccc(-c3cc(CNC(=O)c4cccc(CN5CC6CC6C5C)c4)ccc3F)c2)CCN1. The molecule has 2 heterocycles. The molecular formula is C33H39FN4O. The molecule has 1 aliphatic carbocycles. The maximum atomic E-state index is 14.9. The van der Waals surface area contributed by atoms with Crippen LogP contribution in [0.5, 0.6) is 0 Å². The van der Waals surface area contributed by atoms with Gasteiger partial charge in [0.25, 0.3) is 5.91 Å². The molecule has 5 nitrogen and oxygen atoms in total. The third kappa shape index (κ3) is 6.08. The van der Waals surface area contributed by atoms with Crippen LogP contribution in [-0.2, 0) is 19.6 Å². The van der Waals surface area contributed by atoms with Gasteiger partial charge in [0, 0.05) is 69.0 Å². The summed E-state index contributed by atoms with van der Waals surface area (Å²) in [5, 5.41) is 6.52. The molecule has 1 saturated carbocycles. The van der Waals surface area contributed by atoms with Gasteiger partial charge in [0.15, 0.2) is 0 Å². The fourth-order valence-corrected chi connectivity index (χ4v) is 6.50. The quantitative estimate of drug-likeness (QED) is 0.431. The summed E-state index contributed by atoms with van der Waals surface area (Å²) in [5.41, 5.74) is 5.33. The minimum Gasteiger partial charge on any atom is -0.348 e. The molecule has 6 heteroatoms. The number of nitrogens with zero attached hydrogens (tertiary/aromatic N) is 2. The highest BCUT2D eigenvalue weighted by molar-refractivity contribution is 5.94. The first-order chi connectivity index (χ1) is 18.9. The Balaban J connectivity index is 1.09. The average Bonchev–Trinajstić information content (AvgIpc) is 3.64. The van der Waals surface area contributed by atoms with E-state index in [-0.39, 0.29) is 11.7 Å². The minimum atomic E-state index is -0.250. The van der Waals surface area contributed by atoms with Crippen molar-refractivity contribution >= 4 is 5.91 Å². The van der Waals surface area contributed by atoms with Crippen LogP contribution in [0, 0.1) is 17.7 Å². The van der Waals surface area contributed by atoms with E-state index >= 15 is 0 Å². The number of carbonyl (C=O) groups excluding carboxylic acids is 1. The molecule has 0 radical (unpaired) electrons. The first kappa shape index (κ1) is 26.2. The van der Waals surface area contributed by atoms with E-state index in [1.54, 1.807) is 6.07 Å². The zero-order chi connectivity index (χ0) is 26.9. The molecule has 4 unspecified atom stereocenters. The lowest BCUT2D eigenvalue weighted by atomic mass is 10.00. The lowest BCUT2D eigenvalue weighted by Crippen LogP contribution is -2.48. The van der Waals surface area contributed by atoms with Gasteiger partial charge in [-0.05, 0) is 84.7 Å². The Morgan fingerprint density at radius 3 is 2.59 bits per heavy atom. The molecule has 0 aromatic heterocycles. The van der Waals surface area contributed by atoms with Crippen LogP contribution in [0.2, 0.25) is 0 Å². The van der Waals surface area contributed by atoms with Crippen molar-refractivity contribution in [1.82, 2.24) is 20.4 Å². The molecule has 204 valence electrons. The van der Waals surface area contributed by atoms with Crippen LogP contribution in [0.25, 0.3) is 11.1 Å². The monoisotopic (exact) mass is 526 g/mol. The third-order valence-electron chi connectivity index (χ3n) is 8.80. The number of nitrogens with one attached hydrogen (secondary N) is 2. The van der Waals surface area contributed by atoms with Crippen LogP contribution < -0.4 is 10.6 Å². The smallest absolute Gasteiger partial charge is 0.251 e. The van der Waals surface area contributed by atoms with Gasteiger partial charge in [-0.15, -0.1) is 0 Å². The third-order valence-corrected chi connectivity index (χ3v) is 8.80. The van der Waals surface area contributed by atoms with Gasteiger partial charge in [0.05, 0.1) is 0 Å². The highest BCUT2D eigenvalue weighted by atomic mass is 19.1. The van der Waals surface area contributed by atoms with Crippen LogP contribution in [-0.4, -0.2) is 54.0 Å². The van der Waals surface area contributed by atoms with Crippen molar-refractivity contribution in [2.45, 2.75) is 52.0 Å². The second kappa shape index (κ2) is 11.2. The summed E-state index contributed by atoms with van der Waals surface area (Å²) in [6.45, 7) is 10.8. The second-order valence-electron chi connectivity index (χ2n) is 11.8. The van der Waals surface area contributed by atoms with E-state index in [0.29, 0.717) is 29.8 Å². The second-order valence-corrected chi connectivity index (χ2v) is 11.8. The van der Waals surface area contributed by atoms with Crippen molar-refractivity contribution in [1.29, 1.82) is 0 Å². The summed E-state index contributed by atoms with van der Waals surface area (Å²) in [7, 11) is 0. The van der Waals surface area contributed by atoms with Crippen molar-refractivity contribution in [2.24, 2.45) is 11.8 Å². The normalized spacial score (nSPS) is 24.9. The van der Waals surface area contributed by atoms with E-state index in [4.69, 9.17) is 0 Å². The Labute approximate surface area is 231 Å². The van der Waals surface area contributed by atoms with E-state index in [1.807, 2.05) is 36.4 Å². The molecule has 3 aromatic carbocycles. The van der Waals surface area contributed by atoms with Gasteiger partial charge < -0.3 is 10.6 Å². The van der Waals surface area contributed by atoms with Gasteiger partial charge in [-0.1, -0.05) is 36.4 Å². The fourth-order valence-electron chi connectivity index (χ4n) is 6.50. The minimum absolute atomic E-state index is 0.104. The number of fused-ring (bicyclic) bond motifs is 1. The fraction of sp³-hybridized carbons (Fsp3) is 0.424. The lowest BCUT2D eigenvalue weighted by molar-refractivity contribution is 0.0950. The van der Waals surface area contributed by atoms with Crippen LogP contribution in [0.1, 0.15) is 47.3 Å². The topological polar surface area (TPSA) is 47.6 Å². The van der Waals surface area contributed by atoms with Crippen molar-refractivity contribution < 1.29 is 9.18 Å². The Morgan fingerprint density at radius 2 is 1.79 bits per heavy atom. The van der Waals surface area contributed by atoms with E-state index in [2.05, 4.69) is 52.5 Å².